The van der Waals surface area contributed by atoms with E-state index in [0.717, 1.165) is 17.1 Å². The number of anilines is 3. The molecule has 1 fully saturated rings. The molecular formula is C57H49N. The van der Waals surface area contributed by atoms with Gasteiger partial charge in [0, 0.05) is 22.5 Å². The molecule has 282 valence electrons. The summed E-state index contributed by atoms with van der Waals surface area (Å²) in [4.78, 5) is 2.45. The first kappa shape index (κ1) is 35.9. The van der Waals surface area contributed by atoms with Gasteiger partial charge in [0.2, 0.25) is 0 Å². The van der Waals surface area contributed by atoms with Gasteiger partial charge in [-0.25, -0.2) is 0 Å². The van der Waals surface area contributed by atoms with Crippen molar-refractivity contribution >= 4 is 17.1 Å². The highest BCUT2D eigenvalue weighted by molar-refractivity contribution is 5.95. The van der Waals surface area contributed by atoms with Crippen LogP contribution in [0.15, 0.2) is 194 Å². The summed E-state index contributed by atoms with van der Waals surface area (Å²) in [6.45, 7) is 4.74. The Kier molecular flexibility index (Phi) is 9.38. The van der Waals surface area contributed by atoms with Crippen LogP contribution >= 0.6 is 0 Å². The van der Waals surface area contributed by atoms with E-state index in [4.69, 9.17) is 0 Å². The Balaban J connectivity index is 1.09. The summed E-state index contributed by atoms with van der Waals surface area (Å²) < 4.78 is 0. The fourth-order valence-corrected chi connectivity index (χ4v) is 9.96. The molecule has 0 aliphatic heterocycles. The van der Waals surface area contributed by atoms with Gasteiger partial charge < -0.3 is 4.90 Å². The van der Waals surface area contributed by atoms with Gasteiger partial charge in [0.1, 0.15) is 0 Å². The number of fused-ring (bicyclic) bond motifs is 3. The number of hydrogen-bond acceptors (Lipinski definition) is 1. The van der Waals surface area contributed by atoms with Crippen molar-refractivity contribution in [2.75, 3.05) is 4.90 Å². The SMILES string of the molecule is CC1(C)c2ccccc2-c2ccc(N(c3ccc(-c4ccccc4C4CCCCC4)cc3)c3ccc(-c4c(-c5ccccc5)cccc4-c4ccccc4)cc3)cc21. The van der Waals surface area contributed by atoms with E-state index in [1.807, 2.05) is 0 Å². The molecule has 0 saturated heterocycles. The minimum absolute atomic E-state index is 0.0981. The zero-order valence-electron chi connectivity index (χ0n) is 33.5. The lowest BCUT2D eigenvalue weighted by Crippen LogP contribution is -2.16. The second kappa shape index (κ2) is 15.1. The minimum atomic E-state index is -0.0981. The summed E-state index contributed by atoms with van der Waals surface area (Å²) in [6, 6.07) is 72.0. The first-order valence-corrected chi connectivity index (χ1v) is 21.1. The monoisotopic (exact) mass is 747 g/mol. The second-order valence-corrected chi connectivity index (χ2v) is 16.7. The van der Waals surface area contributed by atoms with E-state index in [0.29, 0.717) is 5.92 Å². The van der Waals surface area contributed by atoms with Crippen LogP contribution in [0, 0.1) is 0 Å². The van der Waals surface area contributed by atoms with E-state index in [1.54, 1.807) is 0 Å². The van der Waals surface area contributed by atoms with Gasteiger partial charge in [-0.2, -0.15) is 0 Å². The standard InChI is InChI=1S/C57H49N/c1-57(2)54-28-15-14-25-52(54)53-38-37-47(39-55(53)57)58(45-33-29-43(30-34-45)49-24-13-12-23-48(49)40-17-6-3-7-18-40)46-35-31-44(32-36-46)56-50(41-19-8-4-9-20-41)26-16-27-51(56)42-21-10-5-11-22-42/h4-5,8-16,19-40H,3,6-7,17-18H2,1-2H3. The van der Waals surface area contributed by atoms with Crippen molar-refractivity contribution in [3.8, 4) is 55.6 Å². The largest absolute Gasteiger partial charge is 0.310 e. The van der Waals surface area contributed by atoms with Gasteiger partial charge in [-0.15, -0.1) is 0 Å². The molecule has 8 aromatic rings. The molecule has 0 aromatic heterocycles. The fraction of sp³-hybridized carbons (Fsp3) is 0.158. The highest BCUT2D eigenvalue weighted by Gasteiger charge is 2.35. The van der Waals surface area contributed by atoms with Gasteiger partial charge in [0.15, 0.2) is 0 Å². The summed E-state index contributed by atoms with van der Waals surface area (Å²) >= 11 is 0. The average Bonchev–Trinajstić information content (AvgIpc) is 3.53. The van der Waals surface area contributed by atoms with Gasteiger partial charge in [-0.05, 0) is 127 Å². The first-order chi connectivity index (χ1) is 28.5. The summed E-state index contributed by atoms with van der Waals surface area (Å²) in [6.07, 6.45) is 6.61. The molecule has 1 saturated carbocycles. The Hall–Kier alpha value is -6.44. The number of rotatable bonds is 8. The third-order valence-corrected chi connectivity index (χ3v) is 12.9. The number of hydrogen-bond donors (Lipinski definition) is 0. The molecule has 0 spiro atoms. The Labute approximate surface area is 344 Å². The van der Waals surface area contributed by atoms with Crippen molar-refractivity contribution in [2.24, 2.45) is 0 Å². The first-order valence-electron chi connectivity index (χ1n) is 21.1. The van der Waals surface area contributed by atoms with Crippen LogP contribution in [0.2, 0.25) is 0 Å². The van der Waals surface area contributed by atoms with Crippen LogP contribution in [-0.2, 0) is 5.41 Å². The molecule has 0 heterocycles. The Morgan fingerprint density at radius 3 is 1.50 bits per heavy atom. The average molecular weight is 748 g/mol. The third kappa shape index (κ3) is 6.45. The van der Waals surface area contributed by atoms with Crippen LogP contribution in [0.4, 0.5) is 17.1 Å². The van der Waals surface area contributed by atoms with Crippen LogP contribution in [0.25, 0.3) is 55.6 Å². The van der Waals surface area contributed by atoms with Gasteiger partial charge in [0.25, 0.3) is 0 Å². The molecule has 58 heavy (non-hydrogen) atoms. The van der Waals surface area contributed by atoms with Crippen molar-refractivity contribution in [3.63, 3.8) is 0 Å². The maximum atomic E-state index is 2.45. The van der Waals surface area contributed by atoms with E-state index in [9.17, 15) is 0 Å². The second-order valence-electron chi connectivity index (χ2n) is 16.7. The van der Waals surface area contributed by atoms with E-state index in [2.05, 4.69) is 213 Å². The fourth-order valence-electron chi connectivity index (χ4n) is 9.96. The molecule has 0 radical (unpaired) electrons. The minimum Gasteiger partial charge on any atom is -0.310 e. The van der Waals surface area contributed by atoms with Crippen LogP contribution in [-0.4, -0.2) is 0 Å². The van der Waals surface area contributed by atoms with Crippen molar-refractivity contribution in [1.82, 2.24) is 0 Å². The molecule has 0 atom stereocenters. The normalized spacial score (nSPS) is 14.4. The van der Waals surface area contributed by atoms with Crippen molar-refractivity contribution in [1.29, 1.82) is 0 Å². The molecule has 0 bridgehead atoms. The van der Waals surface area contributed by atoms with Crippen molar-refractivity contribution in [2.45, 2.75) is 57.3 Å². The van der Waals surface area contributed by atoms with Gasteiger partial charge in [-0.3, -0.25) is 0 Å². The van der Waals surface area contributed by atoms with Gasteiger partial charge in [0.05, 0.1) is 0 Å². The molecule has 2 aliphatic rings. The lowest BCUT2D eigenvalue weighted by Gasteiger charge is -2.29. The van der Waals surface area contributed by atoms with Crippen molar-refractivity contribution in [3.05, 3.63) is 211 Å². The Morgan fingerprint density at radius 2 is 0.862 bits per heavy atom. The molecule has 1 heteroatoms. The van der Waals surface area contributed by atoms with Crippen LogP contribution in [0.5, 0.6) is 0 Å². The molecule has 2 aliphatic carbocycles. The summed E-state index contributed by atoms with van der Waals surface area (Å²) in [5, 5.41) is 0. The molecule has 0 amide bonds. The topological polar surface area (TPSA) is 3.24 Å². The highest BCUT2D eigenvalue weighted by Crippen LogP contribution is 2.51. The number of nitrogens with zero attached hydrogens (tertiary/aromatic N) is 1. The molecule has 8 aromatic carbocycles. The molecule has 0 unspecified atom stereocenters. The maximum absolute atomic E-state index is 2.45. The van der Waals surface area contributed by atoms with Crippen LogP contribution in [0.3, 0.4) is 0 Å². The van der Waals surface area contributed by atoms with Crippen LogP contribution in [0.1, 0.15) is 68.6 Å². The summed E-state index contributed by atoms with van der Waals surface area (Å²) in [7, 11) is 0. The summed E-state index contributed by atoms with van der Waals surface area (Å²) in [5.74, 6) is 0.646. The molecule has 1 nitrogen and oxygen atoms in total. The number of benzene rings is 8. The van der Waals surface area contributed by atoms with E-state index < -0.39 is 0 Å². The Morgan fingerprint density at radius 1 is 0.379 bits per heavy atom. The Bertz CT molecular complexity index is 2640. The van der Waals surface area contributed by atoms with E-state index >= 15 is 0 Å². The van der Waals surface area contributed by atoms with Crippen LogP contribution < -0.4 is 4.90 Å². The zero-order valence-corrected chi connectivity index (χ0v) is 33.5. The predicted octanol–water partition coefficient (Wildman–Crippen LogP) is 16.2. The van der Waals surface area contributed by atoms with Gasteiger partial charge in [-0.1, -0.05) is 191 Å². The van der Waals surface area contributed by atoms with Gasteiger partial charge >= 0.3 is 0 Å². The molecule has 10 rings (SSSR count). The zero-order chi connectivity index (χ0) is 39.1. The quantitative estimate of drug-likeness (QED) is 0.150. The molecular weight excluding hydrogens is 699 g/mol. The lowest BCUT2D eigenvalue weighted by molar-refractivity contribution is 0.444. The summed E-state index contributed by atoms with van der Waals surface area (Å²) in [5.41, 5.74) is 20.3. The van der Waals surface area contributed by atoms with E-state index in [1.165, 1.54) is 104 Å². The molecule has 0 N–H and O–H groups in total. The third-order valence-electron chi connectivity index (χ3n) is 12.9. The van der Waals surface area contributed by atoms with E-state index in [-0.39, 0.29) is 5.41 Å². The smallest absolute Gasteiger partial charge is 0.0465 e. The predicted molar refractivity (Wildman–Crippen MR) is 246 cm³/mol. The lowest BCUT2D eigenvalue weighted by atomic mass is 9.81. The maximum Gasteiger partial charge on any atom is 0.0465 e. The highest BCUT2D eigenvalue weighted by atomic mass is 15.1. The van der Waals surface area contributed by atoms with Crippen molar-refractivity contribution < 1.29 is 0 Å².